The van der Waals surface area contributed by atoms with Gasteiger partial charge in [0, 0.05) is 58.9 Å². The monoisotopic (exact) mass is 317 g/mol. The molecule has 1 aliphatic rings. The number of amides is 1. The molecule has 1 amide bonds. The van der Waals surface area contributed by atoms with E-state index in [-0.39, 0.29) is 5.91 Å². The normalized spacial score (nSPS) is 18.0. The zero-order chi connectivity index (χ0) is 16.7. The second-order valence-electron chi connectivity index (χ2n) is 5.95. The summed E-state index contributed by atoms with van der Waals surface area (Å²) in [6.07, 6.45) is 1.54. The van der Waals surface area contributed by atoms with Crippen molar-refractivity contribution in [2.75, 3.05) is 45.7 Å². The molecule has 1 aliphatic heterocycles. The van der Waals surface area contributed by atoms with Gasteiger partial charge in [0.2, 0.25) is 5.91 Å². The number of benzene rings is 1. The number of nitrogens with one attached hydrogen (secondary N) is 2. The summed E-state index contributed by atoms with van der Waals surface area (Å²) in [5.74, 6) is 0.875. The number of nitrogens with zero attached hydrogens (tertiary/aromatic N) is 3. The molecule has 1 aromatic carbocycles. The molecule has 23 heavy (non-hydrogen) atoms. The van der Waals surface area contributed by atoms with E-state index in [0.29, 0.717) is 19.0 Å². The molecule has 0 saturated carbocycles. The van der Waals surface area contributed by atoms with Crippen LogP contribution in [0, 0.1) is 0 Å². The van der Waals surface area contributed by atoms with E-state index in [1.807, 2.05) is 6.07 Å². The molecule has 6 nitrogen and oxygen atoms in total. The van der Waals surface area contributed by atoms with Gasteiger partial charge in [0.05, 0.1) is 0 Å². The molecule has 0 radical (unpaired) electrons. The molecule has 126 valence electrons. The van der Waals surface area contributed by atoms with Crippen LogP contribution in [-0.4, -0.2) is 63.6 Å². The number of guanidine groups is 1. The largest absolute Gasteiger partial charge is 0.369 e. The summed E-state index contributed by atoms with van der Waals surface area (Å²) in [7, 11) is 5.30. The molecular formula is C17H27N5O. The molecule has 1 aromatic rings. The van der Waals surface area contributed by atoms with Crippen LogP contribution in [0.15, 0.2) is 35.3 Å². The van der Waals surface area contributed by atoms with Gasteiger partial charge in [-0.2, -0.15) is 0 Å². The van der Waals surface area contributed by atoms with Gasteiger partial charge >= 0.3 is 0 Å². The number of rotatable bonds is 5. The quantitative estimate of drug-likeness (QED) is 0.626. The first-order chi connectivity index (χ1) is 11.1. The van der Waals surface area contributed by atoms with Crippen LogP contribution in [0.2, 0.25) is 0 Å². The van der Waals surface area contributed by atoms with Crippen molar-refractivity contribution < 1.29 is 4.79 Å². The molecule has 1 fully saturated rings. The van der Waals surface area contributed by atoms with Crippen molar-refractivity contribution in [2.45, 2.75) is 18.9 Å². The molecule has 0 aromatic heterocycles. The summed E-state index contributed by atoms with van der Waals surface area (Å²) < 4.78 is 0. The lowest BCUT2D eigenvalue weighted by molar-refractivity contribution is -0.128. The maximum Gasteiger partial charge on any atom is 0.223 e. The van der Waals surface area contributed by atoms with Crippen molar-refractivity contribution in [1.82, 2.24) is 15.5 Å². The minimum absolute atomic E-state index is 0.115. The third-order valence-electron chi connectivity index (χ3n) is 4.00. The van der Waals surface area contributed by atoms with Crippen LogP contribution >= 0.6 is 0 Å². The standard InChI is InChI=1S/C17H27N5O/c1-18-17(19-11-9-16(23)21(2)3)20-14-10-12-22(13-14)15-7-5-4-6-8-15/h4-8,14H,9-13H2,1-3H3,(H2,18,19,20). The molecule has 0 spiro atoms. The topological polar surface area (TPSA) is 60.0 Å². The minimum Gasteiger partial charge on any atom is -0.369 e. The van der Waals surface area contributed by atoms with Crippen molar-refractivity contribution in [1.29, 1.82) is 0 Å². The van der Waals surface area contributed by atoms with Gasteiger partial charge in [-0.3, -0.25) is 9.79 Å². The van der Waals surface area contributed by atoms with E-state index in [4.69, 9.17) is 0 Å². The number of anilines is 1. The molecule has 1 unspecified atom stereocenters. The number of para-hydroxylation sites is 1. The lowest BCUT2D eigenvalue weighted by Gasteiger charge is -2.20. The van der Waals surface area contributed by atoms with Gasteiger partial charge in [-0.1, -0.05) is 18.2 Å². The van der Waals surface area contributed by atoms with E-state index in [1.54, 1.807) is 26.0 Å². The van der Waals surface area contributed by atoms with Gasteiger partial charge in [-0.05, 0) is 18.6 Å². The average molecular weight is 317 g/mol. The molecule has 1 saturated heterocycles. The van der Waals surface area contributed by atoms with E-state index < -0.39 is 0 Å². The smallest absolute Gasteiger partial charge is 0.223 e. The Kier molecular flexibility index (Phi) is 6.26. The van der Waals surface area contributed by atoms with Crippen molar-refractivity contribution in [3.8, 4) is 0 Å². The number of carbonyl (C=O) groups excluding carboxylic acids is 1. The maximum absolute atomic E-state index is 11.6. The van der Waals surface area contributed by atoms with E-state index in [9.17, 15) is 4.79 Å². The zero-order valence-corrected chi connectivity index (χ0v) is 14.2. The van der Waals surface area contributed by atoms with Crippen LogP contribution in [0.4, 0.5) is 5.69 Å². The Morgan fingerprint density at radius 3 is 2.74 bits per heavy atom. The molecule has 1 atom stereocenters. The lowest BCUT2D eigenvalue weighted by atomic mass is 10.2. The first-order valence-electron chi connectivity index (χ1n) is 8.07. The summed E-state index contributed by atoms with van der Waals surface area (Å²) in [5.41, 5.74) is 1.26. The van der Waals surface area contributed by atoms with Gasteiger partial charge in [-0.25, -0.2) is 0 Å². The van der Waals surface area contributed by atoms with E-state index in [2.05, 4.69) is 44.8 Å². The number of aliphatic imine (C=N–C) groups is 1. The highest BCUT2D eigenvalue weighted by Crippen LogP contribution is 2.19. The van der Waals surface area contributed by atoms with Gasteiger partial charge in [0.15, 0.2) is 5.96 Å². The van der Waals surface area contributed by atoms with Crippen LogP contribution in [0.25, 0.3) is 0 Å². The lowest BCUT2D eigenvalue weighted by Crippen LogP contribution is -2.45. The van der Waals surface area contributed by atoms with Crippen molar-refractivity contribution >= 4 is 17.6 Å². The maximum atomic E-state index is 11.6. The van der Waals surface area contributed by atoms with Crippen LogP contribution < -0.4 is 15.5 Å². The highest BCUT2D eigenvalue weighted by Gasteiger charge is 2.23. The molecule has 0 aliphatic carbocycles. The summed E-state index contributed by atoms with van der Waals surface area (Å²) in [6, 6.07) is 10.8. The highest BCUT2D eigenvalue weighted by molar-refractivity contribution is 5.81. The zero-order valence-electron chi connectivity index (χ0n) is 14.2. The Morgan fingerprint density at radius 1 is 1.35 bits per heavy atom. The molecule has 2 N–H and O–H groups in total. The fourth-order valence-corrected chi connectivity index (χ4v) is 2.65. The van der Waals surface area contributed by atoms with E-state index >= 15 is 0 Å². The fourth-order valence-electron chi connectivity index (χ4n) is 2.65. The molecule has 1 heterocycles. The third kappa shape index (κ3) is 5.16. The predicted molar refractivity (Wildman–Crippen MR) is 94.9 cm³/mol. The second kappa shape index (κ2) is 8.41. The first kappa shape index (κ1) is 17.1. The Hall–Kier alpha value is -2.24. The van der Waals surface area contributed by atoms with Crippen LogP contribution in [0.3, 0.4) is 0 Å². The summed E-state index contributed by atoms with van der Waals surface area (Å²) >= 11 is 0. The van der Waals surface area contributed by atoms with Crippen LogP contribution in [-0.2, 0) is 4.79 Å². The van der Waals surface area contributed by atoms with Gasteiger partial charge in [0.1, 0.15) is 0 Å². The van der Waals surface area contributed by atoms with Gasteiger partial charge < -0.3 is 20.4 Å². The third-order valence-corrected chi connectivity index (χ3v) is 4.00. The van der Waals surface area contributed by atoms with Gasteiger partial charge in [-0.15, -0.1) is 0 Å². The fraction of sp³-hybridized carbons (Fsp3) is 0.529. The Balaban J connectivity index is 1.76. The number of hydrogen-bond donors (Lipinski definition) is 2. The summed E-state index contributed by atoms with van der Waals surface area (Å²) in [5, 5.41) is 6.65. The second-order valence-corrected chi connectivity index (χ2v) is 5.95. The Morgan fingerprint density at radius 2 is 2.09 bits per heavy atom. The summed E-state index contributed by atoms with van der Waals surface area (Å²) in [6.45, 7) is 2.59. The van der Waals surface area contributed by atoms with Crippen LogP contribution in [0.1, 0.15) is 12.8 Å². The number of carbonyl (C=O) groups is 1. The molecular weight excluding hydrogens is 290 g/mol. The summed E-state index contributed by atoms with van der Waals surface area (Å²) in [4.78, 5) is 19.8. The predicted octanol–water partition coefficient (Wildman–Crippen LogP) is 0.909. The average Bonchev–Trinajstić information content (AvgIpc) is 3.03. The van der Waals surface area contributed by atoms with Crippen molar-refractivity contribution in [3.05, 3.63) is 30.3 Å². The molecule has 2 rings (SSSR count). The highest BCUT2D eigenvalue weighted by atomic mass is 16.2. The Labute approximate surface area is 138 Å². The van der Waals surface area contributed by atoms with E-state index in [1.165, 1.54) is 5.69 Å². The SMILES string of the molecule is CN=C(NCCC(=O)N(C)C)NC1CCN(c2ccccc2)C1. The molecule has 6 heteroatoms. The first-order valence-corrected chi connectivity index (χ1v) is 8.07. The van der Waals surface area contributed by atoms with Crippen molar-refractivity contribution in [3.63, 3.8) is 0 Å². The number of hydrogen-bond acceptors (Lipinski definition) is 3. The van der Waals surface area contributed by atoms with Gasteiger partial charge in [0.25, 0.3) is 0 Å². The minimum atomic E-state index is 0.115. The molecule has 0 bridgehead atoms. The van der Waals surface area contributed by atoms with Crippen molar-refractivity contribution in [2.24, 2.45) is 4.99 Å². The van der Waals surface area contributed by atoms with Crippen LogP contribution in [0.5, 0.6) is 0 Å². The Bertz CT molecular complexity index is 529. The van der Waals surface area contributed by atoms with E-state index in [0.717, 1.165) is 25.5 Å².